The predicted octanol–water partition coefficient (Wildman–Crippen LogP) is 4.98. The minimum absolute atomic E-state index is 0.00395. The summed E-state index contributed by atoms with van der Waals surface area (Å²) >= 11 is 0. The van der Waals surface area contributed by atoms with Crippen molar-refractivity contribution in [3.8, 4) is 11.8 Å². The average Bonchev–Trinajstić information content (AvgIpc) is 3.04. The molecule has 1 aliphatic heterocycles. The van der Waals surface area contributed by atoms with Gasteiger partial charge in [-0.15, -0.1) is 0 Å². The minimum atomic E-state index is -3.30. The summed E-state index contributed by atoms with van der Waals surface area (Å²) in [5, 5.41) is 12.7. The molecule has 4 rings (SSSR count). The van der Waals surface area contributed by atoms with Crippen molar-refractivity contribution in [2.24, 2.45) is 0 Å². The van der Waals surface area contributed by atoms with Crippen molar-refractivity contribution in [3.63, 3.8) is 0 Å². The summed E-state index contributed by atoms with van der Waals surface area (Å²) in [6, 6.07) is 10.9. The Morgan fingerprint density at radius 3 is 2.24 bits per heavy atom. The van der Waals surface area contributed by atoms with Gasteiger partial charge in [0.1, 0.15) is 11.2 Å². The molecule has 18 heteroatoms. The van der Waals surface area contributed by atoms with Crippen LogP contribution >= 0.6 is 0 Å². The number of carbonyl (C=O) groups is 5. The van der Waals surface area contributed by atoms with Crippen molar-refractivity contribution in [3.05, 3.63) is 63.9 Å². The first-order chi connectivity index (χ1) is 25.1. The number of nitrogens with zero attached hydrogens (tertiary/aromatic N) is 3. The first-order valence-corrected chi connectivity index (χ1v) is 16.4. The lowest BCUT2D eigenvalue weighted by molar-refractivity contribution is -0.167. The number of nitrogens with one attached hydrogen (secondary N) is 2. The first-order valence-electron chi connectivity index (χ1n) is 16.4. The Balaban J connectivity index is 1.66. The molecule has 3 aromatic rings. The molecular formula is C36H39F2N5O11. The number of imide groups is 1. The first kappa shape index (κ1) is 40.7. The molecule has 1 aliphatic rings. The minimum Gasteiger partial charge on any atom is -0.449 e. The second kappa shape index (κ2) is 16.3. The van der Waals surface area contributed by atoms with E-state index in [9.17, 15) is 42.8 Å². The molecule has 2 heterocycles. The number of anilines is 2. The van der Waals surface area contributed by atoms with Gasteiger partial charge in [0.05, 0.1) is 36.0 Å². The number of hydrogen-bond acceptors (Lipinski definition) is 12. The molecule has 0 saturated carbocycles. The number of ether oxygens (including phenoxy) is 5. The van der Waals surface area contributed by atoms with E-state index in [2.05, 4.69) is 15.0 Å². The molecule has 0 radical (unpaired) electrons. The van der Waals surface area contributed by atoms with E-state index in [0.29, 0.717) is 10.3 Å². The van der Waals surface area contributed by atoms with Gasteiger partial charge < -0.3 is 38.9 Å². The molecule has 2 N–H and O–H groups in total. The normalized spacial score (nSPS) is 15.2. The number of nitriles is 1. The topological polar surface area (TPSA) is 207 Å². The molecule has 0 spiro atoms. The number of halogens is 2. The van der Waals surface area contributed by atoms with Gasteiger partial charge in [0, 0.05) is 36.7 Å². The van der Waals surface area contributed by atoms with Crippen LogP contribution in [0.5, 0.6) is 5.75 Å². The van der Waals surface area contributed by atoms with Gasteiger partial charge in [-0.1, -0.05) is 0 Å². The number of esters is 1. The van der Waals surface area contributed by atoms with E-state index in [1.54, 1.807) is 41.5 Å². The van der Waals surface area contributed by atoms with E-state index < -0.39 is 77.8 Å². The van der Waals surface area contributed by atoms with Crippen LogP contribution in [0.2, 0.25) is 0 Å². The van der Waals surface area contributed by atoms with E-state index in [1.165, 1.54) is 36.4 Å². The lowest BCUT2D eigenvalue weighted by Crippen LogP contribution is -2.56. The van der Waals surface area contributed by atoms with Gasteiger partial charge in [-0.05, 0) is 77.4 Å². The highest BCUT2D eigenvalue weighted by Crippen LogP contribution is 2.35. The standard InChI is InChI=1S/C36H39F2N5O11/c1-19(44)51-28(29-31(47)42(12-13-50-29)25-15-20-9-11-27(45)41-24(20)16-26(25)52-32(37)38)30(46)40-23-10-8-21(17-39)22(14-23)18-43(33(48)53-35(2,3)4)34(49)54-36(5,6)7/h8-11,14-16,28-29,32H,12-13,18H2,1-7H3,(H,40,46)(H,41,45)/t28-,29-/m1/s1. The second-order valence-electron chi connectivity index (χ2n) is 13.9. The fourth-order valence-electron chi connectivity index (χ4n) is 5.20. The smallest absolute Gasteiger partial charge is 0.420 e. The monoisotopic (exact) mass is 755 g/mol. The van der Waals surface area contributed by atoms with Gasteiger partial charge >= 0.3 is 24.8 Å². The number of aromatic amines is 1. The Hall–Kier alpha value is -6.09. The zero-order valence-electron chi connectivity index (χ0n) is 30.5. The number of morpholine rings is 1. The zero-order chi connectivity index (χ0) is 40.1. The Morgan fingerprint density at radius 2 is 1.67 bits per heavy atom. The van der Waals surface area contributed by atoms with Crippen LogP contribution in [0.15, 0.2) is 47.3 Å². The Bertz CT molecular complexity index is 2020. The second-order valence-corrected chi connectivity index (χ2v) is 13.9. The van der Waals surface area contributed by atoms with E-state index in [-0.39, 0.29) is 41.2 Å². The molecule has 0 aliphatic carbocycles. The van der Waals surface area contributed by atoms with Crippen LogP contribution in [0.25, 0.3) is 10.9 Å². The molecular weight excluding hydrogens is 716 g/mol. The number of amides is 4. The van der Waals surface area contributed by atoms with Crippen molar-refractivity contribution in [2.75, 3.05) is 23.4 Å². The predicted molar refractivity (Wildman–Crippen MR) is 187 cm³/mol. The number of benzene rings is 2. The van der Waals surface area contributed by atoms with Crippen LogP contribution in [0.1, 0.15) is 59.6 Å². The number of rotatable bonds is 9. The molecule has 1 saturated heterocycles. The SMILES string of the molecule is CC(=O)O[C@@H](C(=O)Nc1ccc(C#N)c(CN(C(=O)OC(C)(C)C)C(=O)OC(C)(C)C)c1)[C@H]1OCCN(c2cc3ccc(=O)[nH]c3cc2OC(F)F)C1=O. The Kier molecular flexibility index (Phi) is 12.3. The van der Waals surface area contributed by atoms with E-state index in [4.69, 9.17) is 18.9 Å². The highest BCUT2D eigenvalue weighted by Gasteiger charge is 2.43. The number of H-pyrrole nitrogens is 1. The van der Waals surface area contributed by atoms with Crippen LogP contribution in [-0.2, 0) is 39.9 Å². The highest BCUT2D eigenvalue weighted by atomic mass is 19.3. The van der Waals surface area contributed by atoms with Crippen LogP contribution < -0.4 is 20.5 Å². The fourth-order valence-corrected chi connectivity index (χ4v) is 5.20. The van der Waals surface area contributed by atoms with Crippen LogP contribution in [0.4, 0.5) is 29.7 Å². The number of pyridine rings is 1. The van der Waals surface area contributed by atoms with E-state index in [0.717, 1.165) is 17.9 Å². The fraction of sp³-hybridized carbons (Fsp3) is 0.417. The van der Waals surface area contributed by atoms with Gasteiger partial charge in [0.15, 0.2) is 11.9 Å². The summed E-state index contributed by atoms with van der Waals surface area (Å²) in [4.78, 5) is 82.1. The van der Waals surface area contributed by atoms with Gasteiger partial charge in [0.2, 0.25) is 11.7 Å². The molecule has 2 aromatic carbocycles. The average molecular weight is 756 g/mol. The third-order valence-electron chi connectivity index (χ3n) is 7.31. The van der Waals surface area contributed by atoms with Crippen molar-refractivity contribution >= 4 is 52.2 Å². The van der Waals surface area contributed by atoms with Crippen LogP contribution in [-0.4, -0.2) is 83.0 Å². The summed E-state index contributed by atoms with van der Waals surface area (Å²) in [5.41, 5.74) is -2.40. The lowest BCUT2D eigenvalue weighted by atomic mass is 10.1. The third-order valence-corrected chi connectivity index (χ3v) is 7.31. The van der Waals surface area contributed by atoms with Gasteiger partial charge in [0.25, 0.3) is 11.8 Å². The summed E-state index contributed by atoms with van der Waals surface area (Å²) in [5.74, 6) is -3.43. The van der Waals surface area contributed by atoms with Gasteiger partial charge in [-0.3, -0.25) is 19.2 Å². The molecule has 54 heavy (non-hydrogen) atoms. The van der Waals surface area contributed by atoms with Gasteiger partial charge in [-0.2, -0.15) is 14.0 Å². The molecule has 288 valence electrons. The molecule has 4 amide bonds. The summed E-state index contributed by atoms with van der Waals surface area (Å²) in [6.45, 7) is 6.31. The summed E-state index contributed by atoms with van der Waals surface area (Å²) < 4.78 is 53.3. The molecule has 0 unspecified atom stereocenters. The van der Waals surface area contributed by atoms with Crippen molar-refractivity contribution in [1.82, 2.24) is 9.88 Å². The lowest BCUT2D eigenvalue weighted by Gasteiger charge is -2.35. The third kappa shape index (κ3) is 10.5. The molecule has 1 aromatic heterocycles. The van der Waals surface area contributed by atoms with E-state index >= 15 is 0 Å². The molecule has 0 bridgehead atoms. The van der Waals surface area contributed by atoms with Crippen molar-refractivity contribution in [1.29, 1.82) is 5.26 Å². The molecule has 1 fully saturated rings. The van der Waals surface area contributed by atoms with Crippen molar-refractivity contribution in [2.45, 2.75) is 85.0 Å². The number of hydrogen-bond donors (Lipinski definition) is 2. The maximum Gasteiger partial charge on any atom is 0.420 e. The Labute approximate surface area is 307 Å². The van der Waals surface area contributed by atoms with Crippen LogP contribution in [0.3, 0.4) is 0 Å². The maximum atomic E-state index is 13.9. The Morgan fingerprint density at radius 1 is 1.02 bits per heavy atom. The quantitative estimate of drug-likeness (QED) is 0.219. The van der Waals surface area contributed by atoms with Crippen LogP contribution in [0, 0.1) is 11.3 Å². The number of carbonyl (C=O) groups excluding carboxylic acids is 5. The summed E-state index contributed by atoms with van der Waals surface area (Å²) in [6.07, 6.45) is -5.83. The largest absolute Gasteiger partial charge is 0.449 e. The highest BCUT2D eigenvalue weighted by molar-refractivity contribution is 6.06. The number of fused-ring (bicyclic) bond motifs is 1. The molecule has 16 nitrogen and oxygen atoms in total. The van der Waals surface area contributed by atoms with Crippen molar-refractivity contribution < 1.29 is 56.4 Å². The van der Waals surface area contributed by atoms with Gasteiger partial charge in [-0.25, -0.2) is 14.5 Å². The number of alkyl halides is 2. The zero-order valence-corrected chi connectivity index (χ0v) is 30.5. The maximum absolute atomic E-state index is 13.9. The molecule has 2 atom stereocenters. The number of aromatic nitrogens is 1. The van der Waals surface area contributed by atoms with E-state index in [1.807, 2.05) is 6.07 Å². The summed E-state index contributed by atoms with van der Waals surface area (Å²) in [7, 11) is 0.